The summed E-state index contributed by atoms with van der Waals surface area (Å²) < 4.78 is 10.9. The lowest BCUT2D eigenvalue weighted by Crippen LogP contribution is -2.39. The van der Waals surface area contributed by atoms with Gasteiger partial charge in [-0.25, -0.2) is 4.98 Å². The van der Waals surface area contributed by atoms with Crippen molar-refractivity contribution in [3.63, 3.8) is 0 Å². The van der Waals surface area contributed by atoms with Crippen molar-refractivity contribution in [2.45, 2.75) is 12.8 Å². The first-order valence-electron chi connectivity index (χ1n) is 8.53. The predicted molar refractivity (Wildman–Crippen MR) is 121 cm³/mol. The van der Waals surface area contributed by atoms with E-state index in [4.69, 9.17) is 21.1 Å². The van der Waals surface area contributed by atoms with Crippen LogP contribution in [0.2, 0.25) is 5.15 Å². The van der Waals surface area contributed by atoms with Crippen LogP contribution in [-0.4, -0.2) is 44.8 Å². The van der Waals surface area contributed by atoms with Gasteiger partial charge in [0.25, 0.3) is 0 Å². The van der Waals surface area contributed by atoms with E-state index in [0.29, 0.717) is 11.8 Å². The standard InChI is InChI=1S/C19H25ClN4O2.HI/c1-21-19(23-11-9-15-7-8-18(20)24-14-15)22-10-4-12-26-17-6-3-5-16(13-17)25-2;/h3,5-8,13-14H,4,9-12H2,1-2H3,(H2,21,22,23);1H. The number of aliphatic imine (C=N–C) groups is 1. The molecule has 1 heterocycles. The molecule has 0 atom stereocenters. The Balaban J connectivity index is 0.00000364. The highest BCUT2D eigenvalue weighted by Crippen LogP contribution is 2.18. The number of halogens is 2. The van der Waals surface area contributed by atoms with Gasteiger partial charge < -0.3 is 20.1 Å². The number of hydrogen-bond donors (Lipinski definition) is 2. The first kappa shape index (κ1) is 23.3. The number of nitrogens with zero attached hydrogens (tertiary/aromatic N) is 2. The summed E-state index contributed by atoms with van der Waals surface area (Å²) in [4.78, 5) is 8.29. The molecule has 0 radical (unpaired) electrons. The summed E-state index contributed by atoms with van der Waals surface area (Å²) in [6.45, 7) is 2.16. The normalized spacial score (nSPS) is 10.7. The summed E-state index contributed by atoms with van der Waals surface area (Å²) in [5, 5.41) is 7.06. The third-order valence-corrected chi connectivity index (χ3v) is 3.87. The highest BCUT2D eigenvalue weighted by atomic mass is 127. The molecule has 0 saturated carbocycles. The predicted octanol–water partition coefficient (Wildman–Crippen LogP) is 3.54. The lowest BCUT2D eigenvalue weighted by Gasteiger charge is -2.12. The third-order valence-electron chi connectivity index (χ3n) is 3.64. The molecule has 0 aliphatic rings. The molecule has 148 valence electrons. The van der Waals surface area contributed by atoms with Crippen LogP contribution in [0, 0.1) is 0 Å². The van der Waals surface area contributed by atoms with Gasteiger partial charge in [0, 0.05) is 32.4 Å². The maximum absolute atomic E-state index is 5.78. The minimum absolute atomic E-state index is 0. The number of guanidine groups is 1. The Bertz CT molecular complexity index is 698. The quantitative estimate of drug-likeness (QED) is 0.180. The summed E-state index contributed by atoms with van der Waals surface area (Å²) in [5.74, 6) is 2.37. The molecular formula is C19H26ClIN4O2. The van der Waals surface area contributed by atoms with Gasteiger partial charge in [-0.1, -0.05) is 23.7 Å². The van der Waals surface area contributed by atoms with Crippen LogP contribution in [0.1, 0.15) is 12.0 Å². The summed E-state index contributed by atoms with van der Waals surface area (Å²) >= 11 is 5.78. The maximum Gasteiger partial charge on any atom is 0.190 e. The fourth-order valence-electron chi connectivity index (χ4n) is 2.26. The van der Waals surface area contributed by atoms with Crippen molar-refractivity contribution >= 4 is 41.5 Å². The van der Waals surface area contributed by atoms with E-state index in [1.807, 2.05) is 30.3 Å². The van der Waals surface area contributed by atoms with Crippen LogP contribution >= 0.6 is 35.6 Å². The molecule has 0 spiro atoms. The van der Waals surface area contributed by atoms with Crippen LogP contribution in [0.15, 0.2) is 47.6 Å². The summed E-state index contributed by atoms with van der Waals surface area (Å²) in [7, 11) is 3.40. The molecule has 0 bridgehead atoms. The van der Waals surface area contributed by atoms with Crippen molar-refractivity contribution in [2.24, 2.45) is 4.99 Å². The number of benzene rings is 1. The summed E-state index contributed by atoms with van der Waals surface area (Å²) in [6, 6.07) is 11.4. The molecule has 8 heteroatoms. The monoisotopic (exact) mass is 504 g/mol. The van der Waals surface area contributed by atoms with Crippen LogP contribution in [-0.2, 0) is 6.42 Å². The van der Waals surface area contributed by atoms with Gasteiger partial charge in [-0.3, -0.25) is 4.99 Å². The van der Waals surface area contributed by atoms with Gasteiger partial charge in [0.05, 0.1) is 13.7 Å². The van der Waals surface area contributed by atoms with E-state index < -0.39 is 0 Å². The highest BCUT2D eigenvalue weighted by molar-refractivity contribution is 14.0. The van der Waals surface area contributed by atoms with E-state index in [9.17, 15) is 0 Å². The molecule has 0 aliphatic carbocycles. The Hall–Kier alpha value is -1.74. The molecule has 0 unspecified atom stereocenters. The van der Waals surface area contributed by atoms with Crippen molar-refractivity contribution in [1.29, 1.82) is 0 Å². The number of pyridine rings is 1. The van der Waals surface area contributed by atoms with E-state index in [0.717, 1.165) is 49.0 Å². The molecule has 1 aromatic heterocycles. The van der Waals surface area contributed by atoms with Crippen molar-refractivity contribution in [1.82, 2.24) is 15.6 Å². The van der Waals surface area contributed by atoms with Gasteiger partial charge in [0.1, 0.15) is 16.7 Å². The molecule has 2 rings (SSSR count). The molecule has 0 fully saturated rings. The van der Waals surface area contributed by atoms with E-state index in [-0.39, 0.29) is 24.0 Å². The molecule has 6 nitrogen and oxygen atoms in total. The van der Waals surface area contributed by atoms with Crippen LogP contribution in [0.5, 0.6) is 11.5 Å². The average Bonchev–Trinajstić information content (AvgIpc) is 2.68. The van der Waals surface area contributed by atoms with Crippen LogP contribution in [0.4, 0.5) is 0 Å². The maximum atomic E-state index is 5.78. The number of methoxy groups -OCH3 is 1. The first-order chi connectivity index (χ1) is 12.7. The average molecular weight is 505 g/mol. The highest BCUT2D eigenvalue weighted by Gasteiger charge is 2.00. The van der Waals surface area contributed by atoms with E-state index in [1.165, 1.54) is 0 Å². The van der Waals surface area contributed by atoms with E-state index >= 15 is 0 Å². The minimum Gasteiger partial charge on any atom is -0.497 e. The zero-order valence-electron chi connectivity index (χ0n) is 15.6. The van der Waals surface area contributed by atoms with Gasteiger partial charge in [0.15, 0.2) is 5.96 Å². The first-order valence-corrected chi connectivity index (χ1v) is 8.91. The van der Waals surface area contributed by atoms with Crippen molar-refractivity contribution in [3.05, 3.63) is 53.3 Å². The van der Waals surface area contributed by atoms with Gasteiger partial charge >= 0.3 is 0 Å². The Labute approximate surface area is 182 Å². The lowest BCUT2D eigenvalue weighted by atomic mass is 10.2. The number of ether oxygens (including phenoxy) is 2. The summed E-state index contributed by atoms with van der Waals surface area (Å²) in [5.41, 5.74) is 1.13. The second-order valence-corrected chi connectivity index (χ2v) is 5.93. The Morgan fingerprint density at radius 2 is 1.93 bits per heavy atom. The largest absolute Gasteiger partial charge is 0.497 e. The van der Waals surface area contributed by atoms with E-state index in [2.05, 4.69) is 20.6 Å². The number of hydrogen-bond acceptors (Lipinski definition) is 4. The Morgan fingerprint density at radius 3 is 2.63 bits per heavy atom. The number of aromatic nitrogens is 1. The molecule has 0 amide bonds. The molecule has 1 aromatic carbocycles. The summed E-state index contributed by atoms with van der Waals surface area (Å²) in [6.07, 6.45) is 3.50. The SMILES string of the molecule is CN=C(NCCCOc1cccc(OC)c1)NCCc1ccc(Cl)nc1.I. The Morgan fingerprint density at radius 1 is 1.15 bits per heavy atom. The Kier molecular flexibility index (Phi) is 11.6. The van der Waals surface area contributed by atoms with Crippen molar-refractivity contribution in [2.75, 3.05) is 33.9 Å². The van der Waals surface area contributed by atoms with Gasteiger partial charge in [0.2, 0.25) is 0 Å². The number of rotatable bonds is 9. The topological polar surface area (TPSA) is 67.8 Å². The molecule has 27 heavy (non-hydrogen) atoms. The number of nitrogens with one attached hydrogen (secondary N) is 2. The molecule has 2 N–H and O–H groups in total. The van der Waals surface area contributed by atoms with Crippen molar-refractivity contribution in [3.8, 4) is 11.5 Å². The lowest BCUT2D eigenvalue weighted by molar-refractivity contribution is 0.308. The fraction of sp³-hybridized carbons (Fsp3) is 0.368. The molecular weight excluding hydrogens is 479 g/mol. The second-order valence-electron chi connectivity index (χ2n) is 5.55. The zero-order valence-corrected chi connectivity index (χ0v) is 18.7. The molecule has 2 aromatic rings. The fourth-order valence-corrected chi connectivity index (χ4v) is 2.37. The van der Waals surface area contributed by atoms with Gasteiger partial charge in [-0.15, -0.1) is 24.0 Å². The van der Waals surface area contributed by atoms with Crippen LogP contribution in [0.25, 0.3) is 0 Å². The van der Waals surface area contributed by atoms with Crippen LogP contribution < -0.4 is 20.1 Å². The van der Waals surface area contributed by atoms with Crippen molar-refractivity contribution < 1.29 is 9.47 Å². The third kappa shape index (κ3) is 9.14. The second kappa shape index (κ2) is 13.4. The van der Waals surface area contributed by atoms with Gasteiger partial charge in [-0.2, -0.15) is 0 Å². The molecule has 0 saturated heterocycles. The van der Waals surface area contributed by atoms with Gasteiger partial charge in [-0.05, 0) is 36.6 Å². The van der Waals surface area contributed by atoms with E-state index in [1.54, 1.807) is 26.4 Å². The minimum atomic E-state index is 0. The zero-order chi connectivity index (χ0) is 18.6. The smallest absolute Gasteiger partial charge is 0.190 e. The van der Waals surface area contributed by atoms with Crippen LogP contribution in [0.3, 0.4) is 0 Å². The molecule has 0 aliphatic heterocycles.